The fourth-order valence-corrected chi connectivity index (χ4v) is 2.54. The Labute approximate surface area is 124 Å². The third-order valence-electron chi connectivity index (χ3n) is 3.65. The van der Waals surface area contributed by atoms with Crippen molar-refractivity contribution >= 4 is 0 Å². The third kappa shape index (κ3) is 2.89. The van der Waals surface area contributed by atoms with Crippen molar-refractivity contribution in [3.63, 3.8) is 0 Å². The largest absolute Gasteiger partial charge is 0.373 e. The van der Waals surface area contributed by atoms with E-state index in [-0.39, 0.29) is 5.82 Å². The Bertz CT molecular complexity index is 694. The van der Waals surface area contributed by atoms with Crippen LogP contribution in [0.4, 0.5) is 4.39 Å². The number of pyridine rings is 1. The Balaban J connectivity index is 1.86. The van der Waals surface area contributed by atoms with Gasteiger partial charge in [0.1, 0.15) is 5.82 Å². The quantitative estimate of drug-likeness (QED) is 0.936. The summed E-state index contributed by atoms with van der Waals surface area (Å²) < 4.78 is 13.4. The zero-order valence-corrected chi connectivity index (χ0v) is 12.2. The van der Waals surface area contributed by atoms with Gasteiger partial charge >= 0.3 is 0 Å². The molecule has 0 saturated heterocycles. The first-order valence-electron chi connectivity index (χ1n) is 6.99. The zero-order valence-electron chi connectivity index (χ0n) is 12.2. The number of nitrogens with one attached hydrogen (secondary N) is 1. The fraction of sp³-hybridized carbons (Fsp3) is 0.235. The SMILES string of the molecule is Cc1cc(-c2ncc(CN3C=CNC3)cc2C)ccc1F. The summed E-state index contributed by atoms with van der Waals surface area (Å²) in [5.74, 6) is -0.179. The first-order valence-corrected chi connectivity index (χ1v) is 6.99. The molecular weight excluding hydrogens is 265 g/mol. The highest BCUT2D eigenvalue weighted by atomic mass is 19.1. The molecule has 2 heterocycles. The van der Waals surface area contributed by atoms with Gasteiger partial charge in [-0.2, -0.15) is 0 Å². The van der Waals surface area contributed by atoms with Gasteiger partial charge in [0.15, 0.2) is 0 Å². The molecule has 2 aromatic rings. The van der Waals surface area contributed by atoms with Crippen LogP contribution >= 0.6 is 0 Å². The van der Waals surface area contributed by atoms with Gasteiger partial charge in [-0.3, -0.25) is 4.98 Å². The van der Waals surface area contributed by atoms with Crippen molar-refractivity contribution < 1.29 is 4.39 Å². The maximum atomic E-state index is 13.4. The molecule has 3 nitrogen and oxygen atoms in total. The van der Waals surface area contributed by atoms with Gasteiger partial charge in [0.05, 0.1) is 12.4 Å². The Morgan fingerprint density at radius 3 is 2.76 bits per heavy atom. The molecule has 0 radical (unpaired) electrons. The van der Waals surface area contributed by atoms with E-state index in [0.717, 1.165) is 30.0 Å². The molecule has 1 aliphatic heterocycles. The second-order valence-electron chi connectivity index (χ2n) is 5.40. The van der Waals surface area contributed by atoms with Crippen LogP contribution < -0.4 is 5.32 Å². The van der Waals surface area contributed by atoms with Gasteiger partial charge in [-0.05, 0) is 48.7 Å². The van der Waals surface area contributed by atoms with Crippen molar-refractivity contribution in [1.29, 1.82) is 0 Å². The van der Waals surface area contributed by atoms with Gasteiger partial charge in [-0.25, -0.2) is 4.39 Å². The van der Waals surface area contributed by atoms with Crippen LogP contribution in [0.1, 0.15) is 16.7 Å². The van der Waals surface area contributed by atoms with Crippen LogP contribution in [0.25, 0.3) is 11.3 Å². The summed E-state index contributed by atoms with van der Waals surface area (Å²) in [6.45, 7) is 5.48. The molecule has 0 atom stereocenters. The number of nitrogens with zero attached hydrogens (tertiary/aromatic N) is 2. The molecule has 108 valence electrons. The summed E-state index contributed by atoms with van der Waals surface area (Å²) in [6, 6.07) is 7.27. The lowest BCUT2D eigenvalue weighted by atomic mass is 10.0. The molecule has 1 aromatic carbocycles. The van der Waals surface area contributed by atoms with Crippen LogP contribution in [-0.2, 0) is 6.54 Å². The number of halogens is 1. The van der Waals surface area contributed by atoms with Crippen LogP contribution in [0.2, 0.25) is 0 Å². The molecule has 4 heteroatoms. The van der Waals surface area contributed by atoms with Gasteiger partial charge in [0.25, 0.3) is 0 Å². The van der Waals surface area contributed by atoms with Crippen LogP contribution in [0, 0.1) is 19.7 Å². The maximum absolute atomic E-state index is 13.4. The van der Waals surface area contributed by atoms with Crippen molar-refractivity contribution in [3.05, 3.63) is 65.4 Å². The van der Waals surface area contributed by atoms with Crippen LogP contribution in [0.5, 0.6) is 0 Å². The fourth-order valence-electron chi connectivity index (χ4n) is 2.54. The van der Waals surface area contributed by atoms with Crippen molar-refractivity contribution in [3.8, 4) is 11.3 Å². The van der Waals surface area contributed by atoms with E-state index in [0.29, 0.717) is 5.56 Å². The Kier molecular flexibility index (Phi) is 3.60. The highest BCUT2D eigenvalue weighted by Crippen LogP contribution is 2.24. The lowest BCUT2D eigenvalue weighted by molar-refractivity contribution is 0.384. The molecule has 0 amide bonds. The van der Waals surface area contributed by atoms with E-state index >= 15 is 0 Å². The number of aromatic nitrogens is 1. The standard InChI is InChI=1S/C17H18FN3/c1-12-8-15(3-4-16(12)18)17-13(2)7-14(9-20-17)10-21-6-5-19-11-21/h3-9,19H,10-11H2,1-2H3. The molecular formula is C17H18FN3. The van der Waals surface area contributed by atoms with E-state index in [1.807, 2.05) is 31.6 Å². The highest BCUT2D eigenvalue weighted by molar-refractivity contribution is 5.63. The smallest absolute Gasteiger partial charge is 0.126 e. The number of hydrogen-bond acceptors (Lipinski definition) is 3. The van der Waals surface area contributed by atoms with Crippen LogP contribution in [0.3, 0.4) is 0 Å². The molecule has 21 heavy (non-hydrogen) atoms. The first kappa shape index (κ1) is 13.6. The van der Waals surface area contributed by atoms with Gasteiger partial charge < -0.3 is 10.2 Å². The summed E-state index contributed by atoms with van der Waals surface area (Å²) in [5.41, 5.74) is 4.79. The highest BCUT2D eigenvalue weighted by Gasteiger charge is 2.09. The first-order chi connectivity index (χ1) is 10.1. The Morgan fingerprint density at radius 2 is 2.10 bits per heavy atom. The van der Waals surface area contributed by atoms with E-state index in [2.05, 4.69) is 21.3 Å². The third-order valence-corrected chi connectivity index (χ3v) is 3.65. The zero-order chi connectivity index (χ0) is 14.8. The number of aryl methyl sites for hydroxylation is 2. The summed E-state index contributed by atoms with van der Waals surface area (Å²) in [6.07, 6.45) is 5.87. The molecule has 1 aliphatic rings. The minimum absolute atomic E-state index is 0.179. The van der Waals surface area contributed by atoms with E-state index in [4.69, 9.17) is 0 Å². The monoisotopic (exact) mass is 283 g/mol. The molecule has 0 saturated carbocycles. The maximum Gasteiger partial charge on any atom is 0.126 e. The summed E-state index contributed by atoms with van der Waals surface area (Å²) >= 11 is 0. The number of rotatable bonds is 3. The Morgan fingerprint density at radius 1 is 1.24 bits per heavy atom. The summed E-state index contributed by atoms with van der Waals surface area (Å²) in [4.78, 5) is 6.75. The molecule has 0 unspecified atom stereocenters. The molecule has 1 N–H and O–H groups in total. The predicted octanol–water partition coefficient (Wildman–Crippen LogP) is 3.34. The normalized spacial score (nSPS) is 13.6. The number of benzene rings is 1. The summed E-state index contributed by atoms with van der Waals surface area (Å²) in [5, 5.41) is 3.15. The predicted molar refractivity (Wildman–Crippen MR) is 81.8 cm³/mol. The second kappa shape index (κ2) is 5.56. The van der Waals surface area contributed by atoms with Crippen molar-refractivity contribution in [1.82, 2.24) is 15.2 Å². The molecule has 0 fully saturated rings. The van der Waals surface area contributed by atoms with Crippen LogP contribution in [-0.4, -0.2) is 16.6 Å². The minimum atomic E-state index is -0.179. The number of hydrogen-bond donors (Lipinski definition) is 1. The van der Waals surface area contributed by atoms with E-state index in [1.54, 1.807) is 13.0 Å². The average Bonchev–Trinajstić information content (AvgIpc) is 2.95. The Hall–Kier alpha value is -2.36. The van der Waals surface area contributed by atoms with Crippen molar-refractivity contribution in [2.45, 2.75) is 20.4 Å². The molecule has 0 spiro atoms. The topological polar surface area (TPSA) is 28.2 Å². The van der Waals surface area contributed by atoms with Gasteiger partial charge in [0, 0.05) is 30.7 Å². The second-order valence-corrected chi connectivity index (χ2v) is 5.40. The van der Waals surface area contributed by atoms with E-state index < -0.39 is 0 Å². The van der Waals surface area contributed by atoms with E-state index in [1.165, 1.54) is 11.6 Å². The lowest BCUT2D eigenvalue weighted by Gasteiger charge is -2.15. The van der Waals surface area contributed by atoms with Crippen LogP contribution in [0.15, 0.2) is 42.9 Å². The molecule has 0 aliphatic carbocycles. The van der Waals surface area contributed by atoms with Gasteiger partial charge in [-0.1, -0.05) is 6.07 Å². The minimum Gasteiger partial charge on any atom is -0.373 e. The molecule has 1 aromatic heterocycles. The summed E-state index contributed by atoms with van der Waals surface area (Å²) in [7, 11) is 0. The van der Waals surface area contributed by atoms with Gasteiger partial charge in [-0.15, -0.1) is 0 Å². The van der Waals surface area contributed by atoms with Gasteiger partial charge in [0.2, 0.25) is 0 Å². The van der Waals surface area contributed by atoms with E-state index in [9.17, 15) is 4.39 Å². The molecule has 3 rings (SSSR count). The van der Waals surface area contributed by atoms with Crippen molar-refractivity contribution in [2.24, 2.45) is 0 Å². The lowest BCUT2D eigenvalue weighted by Crippen LogP contribution is -2.20. The van der Waals surface area contributed by atoms with Crippen molar-refractivity contribution in [2.75, 3.05) is 6.67 Å². The average molecular weight is 283 g/mol. The molecule has 0 bridgehead atoms.